The summed E-state index contributed by atoms with van der Waals surface area (Å²) in [6, 6.07) is 23.3. The van der Waals surface area contributed by atoms with E-state index in [0.717, 1.165) is 38.1 Å². The number of amides is 1. The number of ether oxygens (including phenoxy) is 1. The number of hydrazone groups is 1. The first kappa shape index (κ1) is 28.6. The number of aromatic nitrogens is 1. The van der Waals surface area contributed by atoms with Crippen LogP contribution in [0.15, 0.2) is 88.9 Å². The number of carbonyl (C=O) groups excluding carboxylic acids is 1. The van der Waals surface area contributed by atoms with Gasteiger partial charge in [-0.2, -0.15) is 5.10 Å². The van der Waals surface area contributed by atoms with E-state index in [1.807, 2.05) is 58.9 Å². The quantitative estimate of drug-likeness (QED) is 0.207. The van der Waals surface area contributed by atoms with Crippen molar-refractivity contribution in [1.29, 1.82) is 0 Å². The first-order chi connectivity index (χ1) is 19.1. The zero-order valence-corrected chi connectivity index (χ0v) is 24.2. The molecule has 0 spiro atoms. The standard InChI is InChI=1S/C31H34N4O4S/c1-6-39-29-14-12-27(13-15-29)34(40(37,38)30-16-10-22(2)11-17-30)21-31(36)33-32-20-26-19-24(4)35(25(26)5)28-9-7-8-23(3)18-28/h7-20H,6,21H2,1-5H3,(H,33,36)/b32-20-. The minimum Gasteiger partial charge on any atom is -0.494 e. The third-order valence-corrected chi connectivity index (χ3v) is 8.24. The maximum absolute atomic E-state index is 13.6. The van der Waals surface area contributed by atoms with Gasteiger partial charge in [-0.05, 0) is 94.8 Å². The predicted molar refractivity (Wildman–Crippen MR) is 159 cm³/mol. The van der Waals surface area contributed by atoms with Gasteiger partial charge in [0.25, 0.3) is 15.9 Å². The number of nitrogens with zero attached hydrogens (tertiary/aromatic N) is 3. The molecule has 0 atom stereocenters. The molecule has 40 heavy (non-hydrogen) atoms. The molecule has 1 amide bonds. The van der Waals surface area contributed by atoms with E-state index >= 15 is 0 Å². The molecular weight excluding hydrogens is 524 g/mol. The molecule has 0 aliphatic heterocycles. The van der Waals surface area contributed by atoms with E-state index < -0.39 is 22.5 Å². The number of benzene rings is 3. The van der Waals surface area contributed by atoms with Gasteiger partial charge in [0.15, 0.2) is 0 Å². The minimum atomic E-state index is -4.03. The molecule has 1 heterocycles. The van der Waals surface area contributed by atoms with Gasteiger partial charge in [-0.25, -0.2) is 13.8 Å². The Bertz CT molecular complexity index is 1620. The van der Waals surface area contributed by atoms with Gasteiger partial charge < -0.3 is 9.30 Å². The Kier molecular flexibility index (Phi) is 8.74. The number of anilines is 1. The summed E-state index contributed by atoms with van der Waals surface area (Å²) in [5.74, 6) is 0.0320. The smallest absolute Gasteiger partial charge is 0.264 e. The Hall–Kier alpha value is -4.37. The Morgan fingerprint density at radius 3 is 2.30 bits per heavy atom. The van der Waals surface area contributed by atoms with Gasteiger partial charge in [-0.1, -0.05) is 29.8 Å². The number of hydrogen-bond donors (Lipinski definition) is 1. The molecule has 0 saturated heterocycles. The Balaban J connectivity index is 1.56. The zero-order chi connectivity index (χ0) is 28.9. The van der Waals surface area contributed by atoms with Crippen LogP contribution < -0.4 is 14.5 Å². The monoisotopic (exact) mass is 558 g/mol. The molecule has 8 nitrogen and oxygen atoms in total. The third-order valence-electron chi connectivity index (χ3n) is 6.45. The average Bonchev–Trinajstić information content (AvgIpc) is 3.20. The van der Waals surface area contributed by atoms with Crippen LogP contribution in [0.3, 0.4) is 0 Å². The highest BCUT2D eigenvalue weighted by Crippen LogP contribution is 2.26. The van der Waals surface area contributed by atoms with Gasteiger partial charge in [0.1, 0.15) is 12.3 Å². The third kappa shape index (κ3) is 6.43. The van der Waals surface area contributed by atoms with E-state index in [9.17, 15) is 13.2 Å². The van der Waals surface area contributed by atoms with Gasteiger partial charge in [0.2, 0.25) is 0 Å². The van der Waals surface area contributed by atoms with Crippen molar-refractivity contribution >= 4 is 27.8 Å². The molecule has 1 aromatic heterocycles. The molecule has 0 aliphatic rings. The van der Waals surface area contributed by atoms with Crippen molar-refractivity contribution < 1.29 is 17.9 Å². The van der Waals surface area contributed by atoms with Gasteiger partial charge in [-0.3, -0.25) is 9.10 Å². The number of carbonyl (C=O) groups is 1. The van der Waals surface area contributed by atoms with E-state index in [1.165, 1.54) is 12.1 Å². The van der Waals surface area contributed by atoms with Crippen molar-refractivity contribution in [2.75, 3.05) is 17.5 Å². The molecule has 9 heteroatoms. The lowest BCUT2D eigenvalue weighted by atomic mass is 10.2. The van der Waals surface area contributed by atoms with Gasteiger partial charge in [0, 0.05) is 22.6 Å². The second-order valence-electron chi connectivity index (χ2n) is 9.55. The van der Waals surface area contributed by atoms with Crippen LogP contribution >= 0.6 is 0 Å². The van der Waals surface area contributed by atoms with Crippen LogP contribution in [0, 0.1) is 27.7 Å². The summed E-state index contributed by atoms with van der Waals surface area (Å²) in [5.41, 5.74) is 8.81. The lowest BCUT2D eigenvalue weighted by molar-refractivity contribution is -0.119. The van der Waals surface area contributed by atoms with Crippen molar-refractivity contribution in [1.82, 2.24) is 9.99 Å². The van der Waals surface area contributed by atoms with E-state index in [1.54, 1.807) is 42.6 Å². The van der Waals surface area contributed by atoms with Gasteiger partial charge in [0.05, 0.1) is 23.4 Å². The SMILES string of the molecule is CCOc1ccc(N(CC(=O)N/N=C\c2cc(C)n(-c3cccc(C)c3)c2C)S(=O)(=O)c2ccc(C)cc2)cc1. The van der Waals surface area contributed by atoms with Crippen molar-refractivity contribution in [3.8, 4) is 11.4 Å². The normalized spacial score (nSPS) is 11.5. The molecule has 3 aromatic carbocycles. The second-order valence-corrected chi connectivity index (χ2v) is 11.4. The van der Waals surface area contributed by atoms with Crippen LogP contribution in [0.25, 0.3) is 5.69 Å². The van der Waals surface area contributed by atoms with Crippen molar-refractivity contribution in [2.24, 2.45) is 5.10 Å². The highest BCUT2D eigenvalue weighted by Gasteiger charge is 2.27. The molecular formula is C31H34N4O4S. The van der Waals surface area contributed by atoms with Crippen LogP contribution in [-0.2, 0) is 14.8 Å². The summed E-state index contributed by atoms with van der Waals surface area (Å²) in [6.07, 6.45) is 1.57. The van der Waals surface area contributed by atoms with Crippen LogP contribution in [0.5, 0.6) is 5.75 Å². The summed E-state index contributed by atoms with van der Waals surface area (Å²) < 4.78 is 35.9. The fourth-order valence-corrected chi connectivity index (χ4v) is 5.87. The van der Waals surface area contributed by atoms with Crippen molar-refractivity contribution in [3.05, 3.63) is 107 Å². The number of hydrogen-bond acceptors (Lipinski definition) is 5. The number of rotatable bonds is 10. The first-order valence-electron chi connectivity index (χ1n) is 13.0. The Morgan fingerprint density at radius 2 is 1.65 bits per heavy atom. The van der Waals surface area contributed by atoms with Crippen molar-refractivity contribution in [3.63, 3.8) is 0 Å². The minimum absolute atomic E-state index is 0.0897. The highest BCUT2D eigenvalue weighted by atomic mass is 32.2. The molecule has 4 aromatic rings. The lowest BCUT2D eigenvalue weighted by Crippen LogP contribution is -2.39. The summed E-state index contributed by atoms with van der Waals surface area (Å²) >= 11 is 0. The van der Waals surface area contributed by atoms with E-state index in [4.69, 9.17) is 4.74 Å². The fraction of sp³-hybridized carbons (Fsp3) is 0.226. The largest absolute Gasteiger partial charge is 0.494 e. The molecule has 1 N–H and O–H groups in total. The molecule has 0 radical (unpaired) electrons. The van der Waals surface area contributed by atoms with Crippen LogP contribution in [0.1, 0.15) is 35.0 Å². The van der Waals surface area contributed by atoms with Gasteiger partial charge >= 0.3 is 0 Å². The lowest BCUT2D eigenvalue weighted by Gasteiger charge is -2.24. The summed E-state index contributed by atoms with van der Waals surface area (Å²) in [7, 11) is -4.03. The maximum atomic E-state index is 13.6. The molecule has 0 fully saturated rings. The maximum Gasteiger partial charge on any atom is 0.264 e. The highest BCUT2D eigenvalue weighted by molar-refractivity contribution is 7.92. The predicted octanol–water partition coefficient (Wildman–Crippen LogP) is 5.46. The molecule has 0 saturated carbocycles. The summed E-state index contributed by atoms with van der Waals surface area (Å²) in [6.45, 7) is 9.82. The van der Waals surface area contributed by atoms with Crippen molar-refractivity contribution in [2.45, 2.75) is 39.5 Å². The Labute approximate surface area is 236 Å². The second kappa shape index (κ2) is 12.2. The molecule has 0 unspecified atom stereocenters. The first-order valence-corrected chi connectivity index (χ1v) is 14.4. The number of aryl methyl sites for hydroxylation is 3. The van der Waals surface area contributed by atoms with Crippen LogP contribution in [-0.4, -0.2) is 38.3 Å². The average molecular weight is 559 g/mol. The number of sulfonamides is 1. The van der Waals surface area contributed by atoms with Gasteiger partial charge in [-0.15, -0.1) is 0 Å². The van der Waals surface area contributed by atoms with E-state index in [0.29, 0.717) is 18.0 Å². The van der Waals surface area contributed by atoms with Crippen LogP contribution in [0.4, 0.5) is 5.69 Å². The number of nitrogens with one attached hydrogen (secondary N) is 1. The van der Waals surface area contributed by atoms with Crippen LogP contribution in [0.2, 0.25) is 0 Å². The van der Waals surface area contributed by atoms with E-state index in [-0.39, 0.29) is 4.90 Å². The fourth-order valence-electron chi connectivity index (χ4n) is 4.45. The zero-order valence-electron chi connectivity index (χ0n) is 23.4. The molecule has 0 aliphatic carbocycles. The molecule has 4 rings (SSSR count). The summed E-state index contributed by atoms with van der Waals surface area (Å²) in [4.78, 5) is 13.1. The summed E-state index contributed by atoms with van der Waals surface area (Å²) in [5, 5.41) is 4.14. The molecule has 208 valence electrons. The van der Waals surface area contributed by atoms with E-state index in [2.05, 4.69) is 21.2 Å². The Morgan fingerprint density at radius 1 is 0.950 bits per heavy atom. The topological polar surface area (TPSA) is 93.0 Å². The molecule has 0 bridgehead atoms.